The normalized spacial score (nSPS) is 10.5. The van der Waals surface area contributed by atoms with Crippen molar-refractivity contribution in [2.24, 2.45) is 5.10 Å². The highest BCUT2D eigenvalue weighted by Gasteiger charge is 2.01. The maximum atomic E-state index is 5.24. The van der Waals surface area contributed by atoms with E-state index < -0.39 is 0 Å². The zero-order valence-electron chi connectivity index (χ0n) is 12.9. The lowest BCUT2D eigenvalue weighted by Gasteiger charge is -2.11. The summed E-state index contributed by atoms with van der Waals surface area (Å²) in [5, 5.41) is 7.72. The van der Waals surface area contributed by atoms with E-state index in [-0.39, 0.29) is 0 Å². The lowest BCUT2D eigenvalue weighted by Crippen LogP contribution is -2.24. The van der Waals surface area contributed by atoms with Gasteiger partial charge < -0.3 is 10.1 Å². The number of nitrogens with zero attached hydrogens (tertiary/aromatic N) is 1. The molecule has 0 bridgehead atoms. The van der Waals surface area contributed by atoms with Gasteiger partial charge in [-0.15, -0.1) is 0 Å². The van der Waals surface area contributed by atoms with E-state index in [9.17, 15) is 0 Å². The first-order valence-corrected chi connectivity index (χ1v) is 7.31. The highest BCUT2D eigenvalue weighted by Crippen LogP contribution is 2.17. The minimum atomic E-state index is 0.457. The summed E-state index contributed by atoms with van der Waals surface area (Å²) < 4.78 is 5.11. The fourth-order valence-electron chi connectivity index (χ4n) is 1.89. The number of aryl methyl sites for hydroxylation is 1. The SMILES string of the molecule is COc1ccc(/C=N/NC(=S)Nc2cccc(C)c2C)cc1. The van der Waals surface area contributed by atoms with E-state index in [1.807, 2.05) is 36.4 Å². The predicted octanol–water partition coefficient (Wildman–Crippen LogP) is 3.63. The smallest absolute Gasteiger partial charge is 0.191 e. The number of hydrazone groups is 1. The van der Waals surface area contributed by atoms with Crippen molar-refractivity contribution in [3.63, 3.8) is 0 Å². The Kier molecular flexibility index (Phi) is 5.49. The summed E-state index contributed by atoms with van der Waals surface area (Å²) in [5.41, 5.74) is 7.15. The van der Waals surface area contributed by atoms with E-state index in [4.69, 9.17) is 17.0 Å². The number of rotatable bonds is 4. The van der Waals surface area contributed by atoms with E-state index in [0.29, 0.717) is 5.11 Å². The van der Waals surface area contributed by atoms with Crippen molar-refractivity contribution in [3.05, 3.63) is 59.2 Å². The molecule has 0 unspecified atom stereocenters. The maximum Gasteiger partial charge on any atom is 0.191 e. The van der Waals surface area contributed by atoms with Crippen molar-refractivity contribution in [2.45, 2.75) is 13.8 Å². The summed E-state index contributed by atoms with van der Waals surface area (Å²) in [6.45, 7) is 4.12. The van der Waals surface area contributed by atoms with Crippen LogP contribution in [0.3, 0.4) is 0 Å². The van der Waals surface area contributed by atoms with Crippen LogP contribution in [0.4, 0.5) is 5.69 Å². The van der Waals surface area contributed by atoms with Gasteiger partial charge in [0.1, 0.15) is 5.75 Å². The second-order valence-electron chi connectivity index (χ2n) is 4.84. The second-order valence-corrected chi connectivity index (χ2v) is 5.25. The van der Waals surface area contributed by atoms with Crippen molar-refractivity contribution < 1.29 is 4.74 Å². The van der Waals surface area contributed by atoms with Gasteiger partial charge in [0.2, 0.25) is 0 Å². The van der Waals surface area contributed by atoms with Gasteiger partial charge in [-0.2, -0.15) is 5.10 Å². The summed E-state index contributed by atoms with van der Waals surface area (Å²) in [6, 6.07) is 13.7. The molecule has 0 fully saturated rings. The number of methoxy groups -OCH3 is 1. The number of hydrogen-bond acceptors (Lipinski definition) is 3. The quantitative estimate of drug-likeness (QED) is 0.514. The van der Waals surface area contributed by atoms with Crippen LogP contribution < -0.4 is 15.5 Å². The molecule has 0 saturated carbocycles. The van der Waals surface area contributed by atoms with Crippen LogP contribution in [0, 0.1) is 13.8 Å². The van der Waals surface area contributed by atoms with Crippen LogP contribution in [0.1, 0.15) is 16.7 Å². The van der Waals surface area contributed by atoms with Crippen molar-refractivity contribution in [2.75, 3.05) is 12.4 Å². The molecule has 2 aromatic carbocycles. The van der Waals surface area contributed by atoms with Crippen LogP contribution in [0.2, 0.25) is 0 Å². The predicted molar refractivity (Wildman–Crippen MR) is 95.9 cm³/mol. The third-order valence-electron chi connectivity index (χ3n) is 3.35. The highest BCUT2D eigenvalue weighted by atomic mass is 32.1. The Balaban J connectivity index is 1.91. The van der Waals surface area contributed by atoms with Gasteiger partial charge in [-0.05, 0) is 73.1 Å². The average molecular weight is 313 g/mol. The Morgan fingerprint density at radius 3 is 2.55 bits per heavy atom. The minimum Gasteiger partial charge on any atom is -0.497 e. The molecule has 0 atom stereocenters. The van der Waals surface area contributed by atoms with Gasteiger partial charge in [0.15, 0.2) is 5.11 Å². The average Bonchev–Trinajstić information content (AvgIpc) is 2.52. The molecule has 0 aliphatic carbocycles. The maximum absolute atomic E-state index is 5.24. The zero-order chi connectivity index (χ0) is 15.9. The lowest BCUT2D eigenvalue weighted by molar-refractivity contribution is 0.415. The van der Waals surface area contributed by atoms with Crippen LogP contribution in [0.25, 0.3) is 0 Å². The Morgan fingerprint density at radius 1 is 1.14 bits per heavy atom. The Bertz CT molecular complexity index is 681. The van der Waals surface area contributed by atoms with E-state index in [1.165, 1.54) is 11.1 Å². The van der Waals surface area contributed by atoms with Gasteiger partial charge >= 0.3 is 0 Å². The molecule has 2 aromatic rings. The van der Waals surface area contributed by atoms with Gasteiger partial charge in [0.25, 0.3) is 0 Å². The molecular weight excluding hydrogens is 294 g/mol. The molecule has 0 aromatic heterocycles. The summed E-state index contributed by atoms with van der Waals surface area (Å²) in [7, 11) is 1.64. The molecule has 0 spiro atoms. The van der Waals surface area contributed by atoms with Crippen molar-refractivity contribution in [1.82, 2.24) is 5.43 Å². The van der Waals surface area contributed by atoms with Gasteiger partial charge in [-0.25, -0.2) is 0 Å². The first-order chi connectivity index (χ1) is 10.6. The second kappa shape index (κ2) is 7.56. The molecule has 0 aliphatic heterocycles. The van der Waals surface area contributed by atoms with Crippen molar-refractivity contribution in [3.8, 4) is 5.75 Å². The number of nitrogens with one attached hydrogen (secondary N) is 2. The summed E-state index contributed by atoms with van der Waals surface area (Å²) in [4.78, 5) is 0. The molecule has 114 valence electrons. The highest BCUT2D eigenvalue weighted by molar-refractivity contribution is 7.80. The molecule has 2 N–H and O–H groups in total. The van der Waals surface area contributed by atoms with Gasteiger partial charge in [-0.1, -0.05) is 12.1 Å². The van der Waals surface area contributed by atoms with Crippen LogP contribution in [0.15, 0.2) is 47.6 Å². The minimum absolute atomic E-state index is 0.457. The van der Waals surface area contributed by atoms with Crippen LogP contribution in [-0.2, 0) is 0 Å². The molecule has 2 rings (SSSR count). The number of hydrogen-bond donors (Lipinski definition) is 2. The lowest BCUT2D eigenvalue weighted by atomic mass is 10.1. The Labute approximate surface area is 136 Å². The molecule has 22 heavy (non-hydrogen) atoms. The van der Waals surface area contributed by atoms with Crippen LogP contribution in [0.5, 0.6) is 5.75 Å². The fraction of sp³-hybridized carbons (Fsp3) is 0.176. The van der Waals surface area contributed by atoms with E-state index in [0.717, 1.165) is 17.0 Å². The molecule has 4 nitrogen and oxygen atoms in total. The molecular formula is C17H19N3OS. The summed E-state index contributed by atoms with van der Waals surface area (Å²) in [6.07, 6.45) is 1.70. The summed E-state index contributed by atoms with van der Waals surface area (Å²) in [5.74, 6) is 0.817. The molecule has 5 heteroatoms. The van der Waals surface area contributed by atoms with Gasteiger partial charge in [0, 0.05) is 5.69 Å². The van der Waals surface area contributed by atoms with Crippen LogP contribution in [-0.4, -0.2) is 18.4 Å². The molecule has 0 aliphatic rings. The van der Waals surface area contributed by atoms with Crippen molar-refractivity contribution in [1.29, 1.82) is 0 Å². The Hall–Kier alpha value is -2.40. The molecule has 0 radical (unpaired) electrons. The van der Waals surface area contributed by atoms with E-state index >= 15 is 0 Å². The van der Waals surface area contributed by atoms with E-state index in [1.54, 1.807) is 13.3 Å². The number of anilines is 1. The molecule has 0 saturated heterocycles. The Morgan fingerprint density at radius 2 is 1.86 bits per heavy atom. The molecule has 0 amide bonds. The van der Waals surface area contributed by atoms with Gasteiger partial charge in [-0.3, -0.25) is 5.43 Å². The van der Waals surface area contributed by atoms with Crippen LogP contribution >= 0.6 is 12.2 Å². The fourth-order valence-corrected chi connectivity index (χ4v) is 2.05. The third kappa shape index (κ3) is 4.30. The first kappa shape index (κ1) is 16.0. The van der Waals surface area contributed by atoms with E-state index in [2.05, 4.69) is 35.8 Å². The number of thiocarbonyl (C=S) groups is 1. The summed E-state index contributed by atoms with van der Waals surface area (Å²) >= 11 is 5.24. The molecule has 0 heterocycles. The monoisotopic (exact) mass is 313 g/mol. The first-order valence-electron chi connectivity index (χ1n) is 6.90. The largest absolute Gasteiger partial charge is 0.497 e. The zero-order valence-corrected chi connectivity index (χ0v) is 13.7. The topological polar surface area (TPSA) is 45.6 Å². The van der Waals surface area contributed by atoms with Gasteiger partial charge in [0.05, 0.1) is 13.3 Å². The number of ether oxygens (including phenoxy) is 1. The standard InChI is InChI=1S/C17H19N3OS/c1-12-5-4-6-16(13(12)2)19-17(22)20-18-11-14-7-9-15(21-3)10-8-14/h4-11H,1-3H3,(H2,19,20,22)/b18-11+. The van der Waals surface area contributed by atoms with Crippen molar-refractivity contribution >= 4 is 29.2 Å². The number of benzene rings is 2. The third-order valence-corrected chi connectivity index (χ3v) is 3.54.